The van der Waals surface area contributed by atoms with Crippen LogP contribution >= 0.6 is 0 Å². The summed E-state index contributed by atoms with van der Waals surface area (Å²) in [5, 5.41) is 3.77. The Hall–Kier alpha value is -7.69. The number of hydrogen-bond acceptors (Lipinski definition) is 2. The van der Waals surface area contributed by atoms with Crippen molar-refractivity contribution >= 4 is 60.8 Å². The molecule has 11 rings (SSSR count). The zero-order chi connectivity index (χ0) is 38.6. The largest absolute Gasteiger partial charge is 0.456 e. The Morgan fingerprint density at radius 3 is 1.78 bits per heavy atom. The number of rotatable bonds is 7. The van der Waals surface area contributed by atoms with Crippen LogP contribution in [0.5, 0.6) is 0 Å². The van der Waals surface area contributed by atoms with Gasteiger partial charge in [0.05, 0.1) is 16.7 Å². The monoisotopic (exact) mass is 746 g/mol. The molecule has 274 valence electrons. The van der Waals surface area contributed by atoms with E-state index in [9.17, 15) is 0 Å². The van der Waals surface area contributed by atoms with E-state index in [0.29, 0.717) is 5.39 Å². The van der Waals surface area contributed by atoms with Crippen LogP contribution in [-0.4, -0.2) is 4.57 Å². The summed E-state index contributed by atoms with van der Waals surface area (Å²) >= 11 is 0. The summed E-state index contributed by atoms with van der Waals surface area (Å²) in [6, 6.07) is 73.1. The molecule has 0 saturated carbocycles. The van der Waals surface area contributed by atoms with E-state index in [0.717, 1.165) is 94.5 Å². The summed E-state index contributed by atoms with van der Waals surface area (Å²) in [6.07, 6.45) is 0. The van der Waals surface area contributed by atoms with Crippen molar-refractivity contribution in [1.29, 1.82) is 0 Å². The van der Waals surface area contributed by atoms with Crippen LogP contribution in [0.2, 0.25) is 0 Å². The number of halogens is 1. The van der Waals surface area contributed by atoms with Gasteiger partial charge in [-0.3, -0.25) is 0 Å². The molecule has 0 aliphatic rings. The first-order chi connectivity index (χ1) is 28.7. The van der Waals surface area contributed by atoms with Gasteiger partial charge in [0.25, 0.3) is 0 Å². The summed E-state index contributed by atoms with van der Waals surface area (Å²) in [4.78, 5) is 2.31. The third-order valence-corrected chi connectivity index (χ3v) is 11.3. The van der Waals surface area contributed by atoms with Gasteiger partial charge in [0.1, 0.15) is 17.0 Å². The fourth-order valence-corrected chi connectivity index (χ4v) is 8.65. The molecule has 0 N–H and O–H groups in total. The summed E-state index contributed by atoms with van der Waals surface area (Å²) in [7, 11) is 0. The maximum atomic E-state index is 15.4. The predicted octanol–water partition coefficient (Wildman–Crippen LogP) is 15.3. The zero-order valence-electron chi connectivity index (χ0n) is 31.4. The van der Waals surface area contributed by atoms with Gasteiger partial charge < -0.3 is 13.9 Å². The number of aromatic nitrogens is 1. The first-order valence-corrected chi connectivity index (χ1v) is 19.5. The van der Waals surface area contributed by atoms with Crippen LogP contribution in [0.25, 0.3) is 82.8 Å². The van der Waals surface area contributed by atoms with Gasteiger partial charge in [-0.1, -0.05) is 140 Å². The summed E-state index contributed by atoms with van der Waals surface area (Å²) in [5.74, 6) is -0.217. The Labute approximate surface area is 335 Å². The van der Waals surface area contributed by atoms with E-state index in [1.807, 2.05) is 54.6 Å². The number of hydrogen-bond donors (Lipinski definition) is 0. The van der Waals surface area contributed by atoms with E-state index in [-0.39, 0.29) is 5.82 Å². The zero-order valence-corrected chi connectivity index (χ0v) is 31.4. The molecule has 4 heteroatoms. The van der Waals surface area contributed by atoms with Gasteiger partial charge in [-0.15, -0.1) is 0 Å². The molecule has 0 radical (unpaired) electrons. The molecule has 0 aliphatic heterocycles. The van der Waals surface area contributed by atoms with Crippen molar-refractivity contribution in [2.75, 3.05) is 4.90 Å². The number of benzene rings is 9. The fraction of sp³-hybridized carbons (Fsp3) is 0. The van der Waals surface area contributed by atoms with Crippen molar-refractivity contribution in [2.24, 2.45) is 0 Å². The Kier molecular flexibility index (Phi) is 8.00. The lowest BCUT2D eigenvalue weighted by Crippen LogP contribution is -2.10. The van der Waals surface area contributed by atoms with Crippen molar-refractivity contribution in [3.8, 4) is 39.1 Å². The average molecular weight is 747 g/mol. The van der Waals surface area contributed by atoms with Gasteiger partial charge >= 0.3 is 0 Å². The molecule has 0 bridgehead atoms. The molecule has 0 unspecified atom stereocenters. The lowest BCUT2D eigenvalue weighted by Gasteiger charge is -2.26. The summed E-state index contributed by atoms with van der Waals surface area (Å²) < 4.78 is 23.8. The van der Waals surface area contributed by atoms with Gasteiger partial charge in [0, 0.05) is 44.2 Å². The van der Waals surface area contributed by atoms with Gasteiger partial charge in [0.2, 0.25) is 0 Å². The molecule has 2 aromatic heterocycles. The molecular formula is C54H35FN2O. The van der Waals surface area contributed by atoms with Crippen LogP contribution < -0.4 is 4.90 Å². The number of para-hydroxylation sites is 3. The predicted molar refractivity (Wildman–Crippen MR) is 239 cm³/mol. The second kappa shape index (κ2) is 13.8. The van der Waals surface area contributed by atoms with Crippen LogP contribution in [0.1, 0.15) is 0 Å². The van der Waals surface area contributed by atoms with E-state index in [4.69, 9.17) is 4.42 Å². The minimum absolute atomic E-state index is 0.217. The third kappa shape index (κ3) is 5.57. The van der Waals surface area contributed by atoms with Crippen LogP contribution in [-0.2, 0) is 0 Å². The van der Waals surface area contributed by atoms with Crippen LogP contribution in [0.3, 0.4) is 0 Å². The third-order valence-electron chi connectivity index (χ3n) is 11.3. The van der Waals surface area contributed by atoms with Crippen molar-refractivity contribution in [2.45, 2.75) is 0 Å². The minimum Gasteiger partial charge on any atom is -0.456 e. The second-order valence-electron chi connectivity index (χ2n) is 14.6. The van der Waals surface area contributed by atoms with Gasteiger partial charge in [0.15, 0.2) is 0 Å². The number of anilines is 3. The van der Waals surface area contributed by atoms with Crippen LogP contribution in [0.4, 0.5) is 21.5 Å². The molecule has 58 heavy (non-hydrogen) atoms. The first kappa shape index (κ1) is 33.6. The van der Waals surface area contributed by atoms with Crippen molar-refractivity contribution in [3.05, 3.63) is 218 Å². The minimum atomic E-state index is -0.217. The fourth-order valence-electron chi connectivity index (χ4n) is 8.65. The highest BCUT2D eigenvalue weighted by Crippen LogP contribution is 2.42. The first-order valence-electron chi connectivity index (χ1n) is 19.5. The van der Waals surface area contributed by atoms with Crippen molar-refractivity contribution < 1.29 is 8.81 Å². The molecule has 0 spiro atoms. The number of fused-ring (bicyclic) bond motifs is 6. The van der Waals surface area contributed by atoms with Crippen molar-refractivity contribution in [1.82, 2.24) is 4.57 Å². The molecular weight excluding hydrogens is 712 g/mol. The lowest BCUT2D eigenvalue weighted by molar-refractivity contribution is 0.640. The standard InChI is InChI=1S/C54H35FN2O/c55-47-21-12-24-50-54(47)45-18-5-8-23-49(45)57(50)48-22-7-4-17-43(48)37-27-31-40(32-28-37)56(42-16-10-15-39(35-42)36-13-2-1-3-14-36)41-33-29-38(30-34-41)44-20-11-26-52-53(44)46-19-6-9-25-51(46)58-52/h1-35H. The van der Waals surface area contributed by atoms with Crippen LogP contribution in [0.15, 0.2) is 217 Å². The number of furan rings is 1. The molecule has 0 aliphatic carbocycles. The highest BCUT2D eigenvalue weighted by molar-refractivity contribution is 6.12. The highest BCUT2D eigenvalue weighted by atomic mass is 19.1. The Bertz CT molecular complexity index is 3290. The van der Waals surface area contributed by atoms with E-state index < -0.39 is 0 Å². The maximum absolute atomic E-state index is 15.4. The van der Waals surface area contributed by atoms with Gasteiger partial charge in [-0.2, -0.15) is 0 Å². The molecule has 0 saturated heterocycles. The molecule has 0 amide bonds. The van der Waals surface area contributed by atoms with E-state index in [2.05, 4.69) is 155 Å². The second-order valence-corrected chi connectivity index (χ2v) is 14.6. The quantitative estimate of drug-likeness (QED) is 0.162. The molecule has 11 aromatic rings. The average Bonchev–Trinajstić information content (AvgIpc) is 3.84. The normalized spacial score (nSPS) is 11.5. The Morgan fingerprint density at radius 2 is 0.966 bits per heavy atom. The molecule has 9 aromatic carbocycles. The highest BCUT2D eigenvalue weighted by Gasteiger charge is 2.19. The molecule has 0 fully saturated rings. The smallest absolute Gasteiger partial charge is 0.136 e. The van der Waals surface area contributed by atoms with Crippen molar-refractivity contribution in [3.63, 3.8) is 0 Å². The van der Waals surface area contributed by atoms with Gasteiger partial charge in [-0.25, -0.2) is 4.39 Å². The summed E-state index contributed by atoms with van der Waals surface area (Å²) in [5.41, 5.74) is 14.4. The Morgan fingerprint density at radius 1 is 0.379 bits per heavy atom. The Balaban J connectivity index is 1.03. The summed E-state index contributed by atoms with van der Waals surface area (Å²) in [6.45, 7) is 0. The number of nitrogens with zero attached hydrogens (tertiary/aromatic N) is 2. The lowest BCUT2D eigenvalue weighted by atomic mass is 9.98. The molecule has 0 atom stereocenters. The van der Waals surface area contributed by atoms with E-state index >= 15 is 4.39 Å². The molecule has 2 heterocycles. The van der Waals surface area contributed by atoms with Crippen LogP contribution in [0, 0.1) is 5.82 Å². The SMILES string of the molecule is Fc1cccc2c1c1ccccc1n2-c1ccccc1-c1ccc(N(c2ccc(-c3cccc4oc5ccccc5c34)cc2)c2cccc(-c3ccccc3)c2)cc1. The van der Waals surface area contributed by atoms with E-state index in [1.165, 1.54) is 0 Å². The van der Waals surface area contributed by atoms with Gasteiger partial charge in [-0.05, 0) is 101 Å². The van der Waals surface area contributed by atoms with E-state index in [1.54, 1.807) is 12.1 Å². The molecule has 3 nitrogen and oxygen atoms in total. The maximum Gasteiger partial charge on any atom is 0.136 e. The topological polar surface area (TPSA) is 21.3 Å².